The summed E-state index contributed by atoms with van der Waals surface area (Å²) in [5.41, 5.74) is 0.716. The van der Waals surface area contributed by atoms with Crippen molar-refractivity contribution in [1.82, 2.24) is 5.32 Å². The number of hydrogen-bond acceptors (Lipinski definition) is 4. The van der Waals surface area contributed by atoms with E-state index < -0.39 is 0 Å². The van der Waals surface area contributed by atoms with Crippen molar-refractivity contribution in [3.8, 4) is 11.5 Å². The first-order valence-electron chi connectivity index (χ1n) is 5.80. The van der Waals surface area contributed by atoms with Gasteiger partial charge in [-0.3, -0.25) is 4.79 Å². The summed E-state index contributed by atoms with van der Waals surface area (Å²) < 4.78 is 10.4. The summed E-state index contributed by atoms with van der Waals surface area (Å²) in [6.07, 6.45) is 2.18. The first-order valence-corrected chi connectivity index (χ1v) is 5.80. The normalized spacial score (nSPS) is 12.2. The third-order valence-corrected chi connectivity index (χ3v) is 2.47. The summed E-state index contributed by atoms with van der Waals surface area (Å²) in [6, 6.07) is 5.34. The number of rotatable bonds is 6. The fraction of sp³-hybridized carbons (Fsp3) is 0.308. The van der Waals surface area contributed by atoms with Crippen LogP contribution in [0.3, 0.4) is 0 Å². The van der Waals surface area contributed by atoms with Crippen LogP contribution in [-0.2, 0) is 4.79 Å². The molecule has 1 aliphatic rings. The topological polar surface area (TPSA) is 59.6 Å². The van der Waals surface area contributed by atoms with Crippen molar-refractivity contribution in [2.24, 2.45) is 0 Å². The summed E-state index contributed by atoms with van der Waals surface area (Å²) in [6.45, 7) is 5.16. The van der Waals surface area contributed by atoms with Crippen LogP contribution < -0.4 is 20.1 Å². The van der Waals surface area contributed by atoms with Gasteiger partial charge in [-0.1, -0.05) is 6.08 Å². The molecule has 0 saturated carbocycles. The quantitative estimate of drug-likeness (QED) is 0.592. The largest absolute Gasteiger partial charge is 0.454 e. The minimum absolute atomic E-state index is 0.0366. The Morgan fingerprint density at radius 1 is 1.39 bits per heavy atom. The first-order chi connectivity index (χ1) is 8.79. The number of nitrogens with one attached hydrogen (secondary N) is 2. The van der Waals surface area contributed by atoms with Gasteiger partial charge in [0.05, 0.1) is 0 Å². The van der Waals surface area contributed by atoms with E-state index in [4.69, 9.17) is 9.47 Å². The average Bonchev–Trinajstić information content (AvgIpc) is 2.82. The van der Waals surface area contributed by atoms with Crippen molar-refractivity contribution < 1.29 is 14.3 Å². The van der Waals surface area contributed by atoms with Crippen LogP contribution in [0.25, 0.3) is 0 Å². The van der Waals surface area contributed by atoms with Gasteiger partial charge in [0.25, 0.3) is 0 Å². The summed E-state index contributed by atoms with van der Waals surface area (Å²) in [5.74, 6) is 1.34. The number of ether oxygens (including phenoxy) is 2. The average molecular weight is 248 g/mol. The Morgan fingerprint density at radius 2 is 2.22 bits per heavy atom. The van der Waals surface area contributed by atoms with Crippen molar-refractivity contribution >= 4 is 11.6 Å². The lowest BCUT2D eigenvalue weighted by molar-refractivity contribution is -0.116. The van der Waals surface area contributed by atoms with E-state index in [-0.39, 0.29) is 12.7 Å². The molecule has 0 bridgehead atoms. The number of amides is 1. The molecule has 0 saturated heterocycles. The molecule has 0 atom stereocenters. The SMILES string of the molecule is C=CCNCCC(=O)Nc1ccc2c(c1)OCO2. The number of carbonyl (C=O) groups excluding carboxylic acids is 1. The van der Waals surface area contributed by atoms with E-state index in [1.807, 2.05) is 0 Å². The standard InChI is InChI=1S/C13H16N2O3/c1-2-6-14-7-5-13(16)15-10-3-4-11-12(8-10)18-9-17-11/h2-4,8,14H,1,5-7,9H2,(H,15,16). The fourth-order valence-corrected chi connectivity index (χ4v) is 1.60. The number of carbonyl (C=O) groups is 1. The van der Waals surface area contributed by atoms with E-state index >= 15 is 0 Å². The zero-order chi connectivity index (χ0) is 12.8. The van der Waals surface area contributed by atoms with E-state index in [1.165, 1.54) is 0 Å². The van der Waals surface area contributed by atoms with E-state index in [9.17, 15) is 4.79 Å². The van der Waals surface area contributed by atoms with Gasteiger partial charge in [-0.15, -0.1) is 6.58 Å². The minimum Gasteiger partial charge on any atom is -0.454 e. The van der Waals surface area contributed by atoms with Crippen LogP contribution in [0.2, 0.25) is 0 Å². The molecule has 0 radical (unpaired) electrons. The van der Waals surface area contributed by atoms with Gasteiger partial charge < -0.3 is 20.1 Å². The van der Waals surface area contributed by atoms with Gasteiger partial charge in [0, 0.05) is 31.3 Å². The first kappa shape index (κ1) is 12.4. The molecule has 1 aliphatic heterocycles. The Labute approximate surface area is 106 Å². The summed E-state index contributed by atoms with van der Waals surface area (Å²) in [5, 5.41) is 5.88. The lowest BCUT2D eigenvalue weighted by atomic mass is 10.2. The molecule has 1 aromatic carbocycles. The third-order valence-electron chi connectivity index (χ3n) is 2.47. The molecule has 5 heteroatoms. The van der Waals surface area contributed by atoms with Crippen molar-refractivity contribution in [3.05, 3.63) is 30.9 Å². The van der Waals surface area contributed by atoms with E-state index in [0.717, 1.165) is 0 Å². The zero-order valence-electron chi connectivity index (χ0n) is 10.1. The Bertz CT molecular complexity index is 446. The van der Waals surface area contributed by atoms with Gasteiger partial charge in [-0.25, -0.2) is 0 Å². The molecule has 0 fully saturated rings. The number of anilines is 1. The molecule has 2 N–H and O–H groups in total. The predicted molar refractivity (Wildman–Crippen MR) is 68.9 cm³/mol. The highest BCUT2D eigenvalue weighted by Gasteiger charge is 2.13. The molecule has 96 valence electrons. The van der Waals surface area contributed by atoms with Crippen LogP contribution in [-0.4, -0.2) is 25.8 Å². The highest BCUT2D eigenvalue weighted by molar-refractivity contribution is 5.91. The van der Waals surface area contributed by atoms with Crippen molar-refractivity contribution in [2.45, 2.75) is 6.42 Å². The molecule has 5 nitrogen and oxygen atoms in total. The lowest BCUT2D eigenvalue weighted by Crippen LogP contribution is -2.21. The van der Waals surface area contributed by atoms with Crippen LogP contribution in [0, 0.1) is 0 Å². The molecular formula is C13H16N2O3. The number of benzene rings is 1. The Balaban J connectivity index is 1.82. The molecule has 0 aromatic heterocycles. The Hall–Kier alpha value is -2.01. The highest BCUT2D eigenvalue weighted by atomic mass is 16.7. The monoisotopic (exact) mass is 248 g/mol. The molecular weight excluding hydrogens is 232 g/mol. The second kappa shape index (κ2) is 6.07. The summed E-state index contributed by atoms with van der Waals surface area (Å²) in [7, 11) is 0. The van der Waals surface area contributed by atoms with E-state index in [0.29, 0.717) is 36.7 Å². The second-order valence-electron chi connectivity index (χ2n) is 3.86. The van der Waals surface area contributed by atoms with E-state index in [2.05, 4.69) is 17.2 Å². The maximum atomic E-state index is 11.6. The van der Waals surface area contributed by atoms with Crippen molar-refractivity contribution in [2.75, 3.05) is 25.2 Å². The highest BCUT2D eigenvalue weighted by Crippen LogP contribution is 2.34. The predicted octanol–water partition coefficient (Wildman–Crippen LogP) is 1.52. The second-order valence-corrected chi connectivity index (χ2v) is 3.86. The zero-order valence-corrected chi connectivity index (χ0v) is 10.1. The molecule has 0 aliphatic carbocycles. The number of hydrogen-bond donors (Lipinski definition) is 2. The van der Waals surface area contributed by atoms with Crippen LogP contribution in [0.1, 0.15) is 6.42 Å². The summed E-state index contributed by atoms with van der Waals surface area (Å²) >= 11 is 0. The molecule has 0 unspecified atom stereocenters. The number of fused-ring (bicyclic) bond motifs is 1. The smallest absolute Gasteiger partial charge is 0.231 e. The molecule has 1 amide bonds. The molecule has 1 aromatic rings. The van der Waals surface area contributed by atoms with Crippen LogP contribution >= 0.6 is 0 Å². The van der Waals surface area contributed by atoms with Gasteiger partial charge >= 0.3 is 0 Å². The third kappa shape index (κ3) is 3.24. The Kier molecular flexibility index (Phi) is 4.20. The molecule has 0 spiro atoms. The maximum absolute atomic E-state index is 11.6. The van der Waals surface area contributed by atoms with Crippen LogP contribution in [0.5, 0.6) is 11.5 Å². The van der Waals surface area contributed by atoms with Gasteiger partial charge in [-0.2, -0.15) is 0 Å². The van der Waals surface area contributed by atoms with Gasteiger partial charge in [0.1, 0.15) is 0 Å². The Morgan fingerprint density at radius 3 is 3.06 bits per heavy atom. The lowest BCUT2D eigenvalue weighted by Gasteiger charge is -2.06. The van der Waals surface area contributed by atoms with Crippen LogP contribution in [0.4, 0.5) is 5.69 Å². The fourth-order valence-electron chi connectivity index (χ4n) is 1.60. The molecule has 18 heavy (non-hydrogen) atoms. The minimum atomic E-state index is -0.0366. The molecule has 2 rings (SSSR count). The van der Waals surface area contributed by atoms with Crippen molar-refractivity contribution in [1.29, 1.82) is 0 Å². The van der Waals surface area contributed by atoms with Crippen LogP contribution in [0.15, 0.2) is 30.9 Å². The van der Waals surface area contributed by atoms with Gasteiger partial charge in [0.2, 0.25) is 12.7 Å². The van der Waals surface area contributed by atoms with E-state index in [1.54, 1.807) is 24.3 Å². The molecule has 1 heterocycles. The maximum Gasteiger partial charge on any atom is 0.231 e. The van der Waals surface area contributed by atoms with Crippen molar-refractivity contribution in [3.63, 3.8) is 0 Å². The van der Waals surface area contributed by atoms with Gasteiger partial charge in [0.15, 0.2) is 11.5 Å². The summed E-state index contributed by atoms with van der Waals surface area (Å²) in [4.78, 5) is 11.6. The van der Waals surface area contributed by atoms with Gasteiger partial charge in [-0.05, 0) is 12.1 Å².